The lowest BCUT2D eigenvalue weighted by Crippen LogP contribution is -2.19. The Labute approximate surface area is 198 Å². The van der Waals surface area contributed by atoms with E-state index in [2.05, 4.69) is 63.0 Å². The van der Waals surface area contributed by atoms with Crippen LogP contribution in [0.3, 0.4) is 0 Å². The number of nitrogens with zero attached hydrogens (tertiary/aromatic N) is 6. The second kappa shape index (κ2) is 10.1. The maximum atomic E-state index is 13.0. The Balaban J connectivity index is 1.37. The van der Waals surface area contributed by atoms with Gasteiger partial charge in [-0.25, -0.2) is 9.67 Å². The zero-order chi connectivity index (χ0) is 23.3. The smallest absolute Gasteiger partial charge is 0.217 e. The maximum Gasteiger partial charge on any atom is 0.217 e. The molecular formula is C26H29N7O. The van der Waals surface area contributed by atoms with Gasteiger partial charge in [0.15, 0.2) is 0 Å². The van der Waals surface area contributed by atoms with Gasteiger partial charge in [-0.3, -0.25) is 4.79 Å². The third-order valence-electron chi connectivity index (χ3n) is 6.52. The number of carbonyl (C=O) groups is 1. The van der Waals surface area contributed by atoms with E-state index in [1.165, 1.54) is 6.42 Å². The number of aromatic nitrogens is 7. The van der Waals surface area contributed by atoms with Gasteiger partial charge < -0.3 is 0 Å². The Hall–Kier alpha value is -3.68. The Bertz CT molecular complexity index is 1240. The van der Waals surface area contributed by atoms with E-state index in [0.717, 1.165) is 66.7 Å². The van der Waals surface area contributed by atoms with E-state index in [1.807, 2.05) is 22.9 Å². The van der Waals surface area contributed by atoms with Crippen molar-refractivity contribution in [2.24, 2.45) is 5.92 Å². The second-order valence-corrected chi connectivity index (χ2v) is 8.93. The van der Waals surface area contributed by atoms with E-state index in [0.29, 0.717) is 18.1 Å². The molecule has 0 bridgehead atoms. The van der Waals surface area contributed by atoms with Crippen LogP contribution in [0.25, 0.3) is 22.5 Å². The van der Waals surface area contributed by atoms with Crippen molar-refractivity contribution in [3.63, 3.8) is 0 Å². The van der Waals surface area contributed by atoms with Gasteiger partial charge >= 0.3 is 0 Å². The molecule has 8 nitrogen and oxygen atoms in total. The van der Waals surface area contributed by atoms with Crippen LogP contribution < -0.4 is 0 Å². The molecule has 1 fully saturated rings. The Morgan fingerprint density at radius 2 is 1.79 bits per heavy atom. The van der Waals surface area contributed by atoms with Crippen LogP contribution >= 0.6 is 0 Å². The molecule has 1 N–H and O–H groups in total. The molecule has 0 aliphatic heterocycles. The fourth-order valence-electron chi connectivity index (χ4n) is 4.74. The first-order valence-electron chi connectivity index (χ1n) is 12.1. The predicted molar refractivity (Wildman–Crippen MR) is 129 cm³/mol. The monoisotopic (exact) mass is 455 g/mol. The molecule has 8 heteroatoms. The van der Waals surface area contributed by atoms with Crippen LogP contribution in [0.1, 0.15) is 67.5 Å². The van der Waals surface area contributed by atoms with Gasteiger partial charge in [-0.15, -0.1) is 15.3 Å². The molecule has 2 aromatic carbocycles. The number of H-pyrrole nitrogens is 1. The molecule has 0 unspecified atom stereocenters. The number of Topliss-reactive ketones (excluding diaryl/α,β-unsaturated/α-hetero) is 1. The molecule has 1 aliphatic rings. The molecule has 5 rings (SSSR count). The summed E-state index contributed by atoms with van der Waals surface area (Å²) in [6, 6.07) is 16.4. The molecule has 0 amide bonds. The van der Waals surface area contributed by atoms with Gasteiger partial charge in [-0.05, 0) is 41.2 Å². The zero-order valence-electron chi connectivity index (χ0n) is 19.4. The third-order valence-corrected chi connectivity index (χ3v) is 6.52. The van der Waals surface area contributed by atoms with Gasteiger partial charge in [-0.2, -0.15) is 5.21 Å². The first-order chi connectivity index (χ1) is 16.7. The Morgan fingerprint density at radius 3 is 2.50 bits per heavy atom. The lowest BCUT2D eigenvalue weighted by Gasteiger charge is -2.18. The summed E-state index contributed by atoms with van der Waals surface area (Å²) < 4.78 is 1.91. The highest BCUT2D eigenvalue weighted by Crippen LogP contribution is 2.30. The number of aryl methyl sites for hydroxylation is 1. The lowest BCUT2D eigenvalue weighted by atomic mass is 9.86. The minimum absolute atomic E-state index is 0.0811. The average molecular weight is 456 g/mol. The molecule has 0 saturated heterocycles. The van der Waals surface area contributed by atoms with Crippen molar-refractivity contribution in [1.82, 2.24) is 35.4 Å². The standard InChI is InChI=1S/C26H29N7O/c1-2-16-33-23(27-26(30-33)24(34)20-8-4-3-5-9-20)17-18-12-14-19(15-13-18)21-10-6-7-11-22(21)25-28-31-32-29-25/h6-7,10-15,20H,2-5,8-9,16-17H2,1H3,(H,28,29,31,32). The van der Waals surface area contributed by atoms with E-state index in [-0.39, 0.29) is 11.7 Å². The predicted octanol–water partition coefficient (Wildman–Crippen LogP) is 4.89. The number of hydrogen-bond acceptors (Lipinski definition) is 6. The highest BCUT2D eigenvalue weighted by Gasteiger charge is 2.26. The van der Waals surface area contributed by atoms with Gasteiger partial charge in [0.25, 0.3) is 0 Å². The summed E-state index contributed by atoms with van der Waals surface area (Å²) >= 11 is 0. The van der Waals surface area contributed by atoms with Crippen molar-refractivity contribution >= 4 is 5.78 Å². The molecule has 1 aliphatic carbocycles. The van der Waals surface area contributed by atoms with Crippen molar-refractivity contribution in [2.45, 2.75) is 58.4 Å². The summed E-state index contributed by atoms with van der Waals surface area (Å²) in [5, 5.41) is 19.1. The second-order valence-electron chi connectivity index (χ2n) is 8.93. The van der Waals surface area contributed by atoms with Crippen LogP contribution in [0.5, 0.6) is 0 Å². The molecule has 0 atom stereocenters. The Kier molecular flexibility index (Phi) is 6.56. The van der Waals surface area contributed by atoms with Crippen LogP contribution in [0.15, 0.2) is 48.5 Å². The molecule has 174 valence electrons. The van der Waals surface area contributed by atoms with E-state index >= 15 is 0 Å². The number of rotatable bonds is 8. The minimum atomic E-state index is 0.0811. The van der Waals surface area contributed by atoms with Crippen LogP contribution in [0, 0.1) is 5.92 Å². The fraction of sp³-hybridized carbons (Fsp3) is 0.385. The van der Waals surface area contributed by atoms with Crippen LogP contribution in [0.2, 0.25) is 0 Å². The van der Waals surface area contributed by atoms with E-state index in [9.17, 15) is 4.79 Å². The van der Waals surface area contributed by atoms with Crippen LogP contribution in [0.4, 0.5) is 0 Å². The number of carbonyl (C=O) groups excluding carboxylic acids is 1. The summed E-state index contributed by atoms with van der Waals surface area (Å²) in [5.74, 6) is 2.01. The molecule has 4 aromatic rings. The summed E-state index contributed by atoms with van der Waals surface area (Å²) in [6.07, 6.45) is 6.98. The number of ketones is 1. The normalized spacial score (nSPS) is 14.4. The van der Waals surface area contributed by atoms with Crippen molar-refractivity contribution < 1.29 is 4.79 Å². The van der Waals surface area contributed by atoms with Crippen LogP contribution in [-0.4, -0.2) is 41.2 Å². The van der Waals surface area contributed by atoms with Crippen molar-refractivity contribution in [1.29, 1.82) is 0 Å². The summed E-state index contributed by atoms with van der Waals surface area (Å²) in [7, 11) is 0. The topological polar surface area (TPSA) is 102 Å². The number of benzene rings is 2. The molecule has 0 spiro atoms. The highest BCUT2D eigenvalue weighted by molar-refractivity contribution is 5.94. The van der Waals surface area contributed by atoms with Gasteiger partial charge in [0.2, 0.25) is 17.4 Å². The highest BCUT2D eigenvalue weighted by atomic mass is 16.1. The van der Waals surface area contributed by atoms with Gasteiger partial charge in [0, 0.05) is 24.4 Å². The fourth-order valence-corrected chi connectivity index (χ4v) is 4.74. The summed E-state index contributed by atoms with van der Waals surface area (Å²) in [5.41, 5.74) is 4.18. The molecule has 1 saturated carbocycles. The number of tetrazole rings is 1. The average Bonchev–Trinajstić information content (AvgIpc) is 3.56. The number of aromatic amines is 1. The SMILES string of the molecule is CCCn1nc(C(=O)C2CCCCC2)nc1Cc1ccc(-c2ccccc2-c2nn[nH]n2)cc1. The van der Waals surface area contributed by atoms with Crippen molar-refractivity contribution in [3.8, 4) is 22.5 Å². The number of nitrogens with one attached hydrogen (secondary N) is 1. The zero-order valence-corrected chi connectivity index (χ0v) is 19.4. The van der Waals surface area contributed by atoms with Gasteiger partial charge in [-0.1, -0.05) is 74.7 Å². The Morgan fingerprint density at radius 1 is 1.03 bits per heavy atom. The van der Waals surface area contributed by atoms with Crippen molar-refractivity contribution in [3.05, 3.63) is 65.7 Å². The van der Waals surface area contributed by atoms with E-state index in [1.54, 1.807) is 0 Å². The number of hydrogen-bond donors (Lipinski definition) is 1. The van der Waals surface area contributed by atoms with Crippen LogP contribution in [-0.2, 0) is 13.0 Å². The maximum absolute atomic E-state index is 13.0. The van der Waals surface area contributed by atoms with Gasteiger partial charge in [0.05, 0.1) is 0 Å². The molecule has 0 radical (unpaired) electrons. The molecule has 2 aromatic heterocycles. The minimum Gasteiger partial charge on any atom is -0.290 e. The quantitative estimate of drug-likeness (QED) is 0.380. The summed E-state index contributed by atoms with van der Waals surface area (Å²) in [6.45, 7) is 2.88. The first kappa shape index (κ1) is 22.1. The van der Waals surface area contributed by atoms with Crippen molar-refractivity contribution in [2.75, 3.05) is 0 Å². The van der Waals surface area contributed by atoms with E-state index < -0.39 is 0 Å². The lowest BCUT2D eigenvalue weighted by molar-refractivity contribution is 0.0878. The largest absolute Gasteiger partial charge is 0.290 e. The summed E-state index contributed by atoms with van der Waals surface area (Å²) in [4.78, 5) is 17.7. The third kappa shape index (κ3) is 4.66. The molecule has 2 heterocycles. The van der Waals surface area contributed by atoms with E-state index in [4.69, 9.17) is 4.98 Å². The first-order valence-corrected chi connectivity index (χ1v) is 12.1. The van der Waals surface area contributed by atoms with Gasteiger partial charge in [0.1, 0.15) is 5.82 Å². The molecule has 34 heavy (non-hydrogen) atoms. The molecular weight excluding hydrogens is 426 g/mol.